The number of fused-ring (bicyclic) bond motifs is 1. The van der Waals surface area contributed by atoms with E-state index in [4.69, 9.17) is 0 Å². The number of carbonyl (C=O) groups is 2. The summed E-state index contributed by atoms with van der Waals surface area (Å²) in [5.41, 5.74) is 5.90. The van der Waals surface area contributed by atoms with Crippen LogP contribution in [0, 0.1) is 17.0 Å². The van der Waals surface area contributed by atoms with Gasteiger partial charge in [-0.1, -0.05) is 42.5 Å². The molecule has 0 bridgehead atoms. The van der Waals surface area contributed by atoms with Crippen LogP contribution in [-0.4, -0.2) is 29.8 Å². The molecule has 0 radical (unpaired) electrons. The molecule has 0 aliphatic carbocycles. The number of non-ortho nitro benzene ring substituents is 1. The molecule has 8 heteroatoms. The highest BCUT2D eigenvalue weighted by Crippen LogP contribution is 2.25. The van der Waals surface area contributed by atoms with E-state index >= 15 is 0 Å². The predicted molar refractivity (Wildman–Crippen MR) is 135 cm³/mol. The summed E-state index contributed by atoms with van der Waals surface area (Å²) in [5.74, 6) is -1.61. The van der Waals surface area contributed by atoms with Crippen molar-refractivity contribution in [3.05, 3.63) is 99.1 Å². The Hall–Kier alpha value is -4.20. The Morgan fingerprint density at radius 2 is 1.74 bits per heavy atom. The van der Waals surface area contributed by atoms with Crippen LogP contribution >= 0.6 is 0 Å². The van der Waals surface area contributed by atoms with E-state index in [0.717, 1.165) is 31.5 Å². The largest absolute Gasteiger partial charge is 0.367 e. The molecule has 0 fully saturated rings. The fourth-order valence-corrected chi connectivity index (χ4v) is 4.20. The number of benzene rings is 3. The second kappa shape index (κ2) is 10.8. The molecule has 0 aromatic heterocycles. The molecular weight excluding hydrogens is 444 g/mol. The van der Waals surface area contributed by atoms with Crippen molar-refractivity contribution in [3.63, 3.8) is 0 Å². The van der Waals surface area contributed by atoms with Gasteiger partial charge in [0.15, 0.2) is 0 Å². The first-order valence-corrected chi connectivity index (χ1v) is 11.7. The van der Waals surface area contributed by atoms with E-state index in [-0.39, 0.29) is 11.4 Å². The third kappa shape index (κ3) is 6.03. The summed E-state index contributed by atoms with van der Waals surface area (Å²) >= 11 is 0. The summed E-state index contributed by atoms with van der Waals surface area (Å²) in [6.45, 7) is 3.97. The molecule has 4 rings (SSSR count). The Balaban J connectivity index is 1.22. The number of nitrogens with zero attached hydrogens (tertiary/aromatic N) is 2. The smallest absolute Gasteiger partial charge is 0.313 e. The first kappa shape index (κ1) is 23.9. The van der Waals surface area contributed by atoms with Crippen molar-refractivity contribution in [3.8, 4) is 0 Å². The molecule has 1 aliphatic rings. The maximum absolute atomic E-state index is 12.2. The molecule has 35 heavy (non-hydrogen) atoms. The second-order valence-electron chi connectivity index (χ2n) is 8.68. The molecule has 8 nitrogen and oxygen atoms in total. The van der Waals surface area contributed by atoms with Crippen LogP contribution in [0.1, 0.15) is 28.7 Å². The Labute approximate surface area is 204 Å². The summed E-state index contributed by atoms with van der Waals surface area (Å²) in [6.07, 6.45) is 2.51. The zero-order valence-corrected chi connectivity index (χ0v) is 19.6. The minimum absolute atomic E-state index is 0.151. The Morgan fingerprint density at radius 1 is 1.00 bits per heavy atom. The summed E-state index contributed by atoms with van der Waals surface area (Å²) in [6, 6.07) is 21.2. The fourth-order valence-electron chi connectivity index (χ4n) is 4.20. The van der Waals surface area contributed by atoms with Crippen LogP contribution in [0.2, 0.25) is 0 Å². The molecule has 0 saturated heterocycles. The van der Waals surface area contributed by atoms with Gasteiger partial charge in [0.2, 0.25) is 0 Å². The van der Waals surface area contributed by atoms with Crippen molar-refractivity contribution in [1.29, 1.82) is 0 Å². The van der Waals surface area contributed by atoms with Gasteiger partial charge in [0.25, 0.3) is 5.69 Å². The van der Waals surface area contributed by atoms with Gasteiger partial charge in [-0.15, -0.1) is 0 Å². The van der Waals surface area contributed by atoms with Crippen LogP contribution in [0.4, 0.5) is 17.1 Å². The lowest BCUT2D eigenvalue weighted by molar-refractivity contribution is -0.384. The molecule has 0 unspecified atom stereocenters. The van der Waals surface area contributed by atoms with Gasteiger partial charge in [0, 0.05) is 37.5 Å². The van der Waals surface area contributed by atoms with Crippen molar-refractivity contribution in [1.82, 2.24) is 5.32 Å². The van der Waals surface area contributed by atoms with E-state index in [9.17, 15) is 19.7 Å². The number of rotatable bonds is 7. The highest BCUT2D eigenvalue weighted by Gasteiger charge is 2.17. The molecule has 0 spiro atoms. The van der Waals surface area contributed by atoms with Gasteiger partial charge >= 0.3 is 11.8 Å². The van der Waals surface area contributed by atoms with Crippen molar-refractivity contribution in [2.24, 2.45) is 0 Å². The van der Waals surface area contributed by atoms with Crippen LogP contribution < -0.4 is 15.5 Å². The van der Waals surface area contributed by atoms with Gasteiger partial charge < -0.3 is 15.5 Å². The summed E-state index contributed by atoms with van der Waals surface area (Å²) in [5, 5.41) is 16.0. The first-order chi connectivity index (χ1) is 16.9. The van der Waals surface area contributed by atoms with E-state index in [0.29, 0.717) is 18.5 Å². The highest BCUT2D eigenvalue weighted by molar-refractivity contribution is 6.39. The number of nitrogens with one attached hydrogen (secondary N) is 2. The molecule has 0 atom stereocenters. The monoisotopic (exact) mass is 472 g/mol. The molecule has 2 N–H and O–H groups in total. The number of hydrogen-bond donors (Lipinski definition) is 2. The molecule has 0 saturated carbocycles. The number of amides is 2. The first-order valence-electron chi connectivity index (χ1n) is 11.7. The van der Waals surface area contributed by atoms with E-state index < -0.39 is 16.7 Å². The maximum atomic E-state index is 12.2. The topological polar surface area (TPSA) is 105 Å². The van der Waals surface area contributed by atoms with E-state index in [1.54, 1.807) is 6.92 Å². The molecule has 2 amide bonds. The Kier molecular flexibility index (Phi) is 7.40. The minimum Gasteiger partial charge on any atom is -0.367 e. The van der Waals surface area contributed by atoms with Gasteiger partial charge in [-0.2, -0.15) is 0 Å². The van der Waals surface area contributed by atoms with Crippen molar-refractivity contribution in [2.75, 3.05) is 23.3 Å². The minimum atomic E-state index is -0.846. The molecule has 1 aliphatic heterocycles. The number of aryl methyl sites for hydroxylation is 2. The van der Waals surface area contributed by atoms with E-state index in [1.165, 1.54) is 35.0 Å². The molecule has 3 aromatic rings. The molecule has 1 heterocycles. The lowest BCUT2D eigenvalue weighted by atomic mass is 9.99. The van der Waals surface area contributed by atoms with Gasteiger partial charge in [-0.25, -0.2) is 0 Å². The third-order valence-electron chi connectivity index (χ3n) is 6.25. The summed E-state index contributed by atoms with van der Waals surface area (Å²) < 4.78 is 0. The van der Waals surface area contributed by atoms with Crippen LogP contribution in [0.3, 0.4) is 0 Å². The second-order valence-corrected chi connectivity index (χ2v) is 8.68. The van der Waals surface area contributed by atoms with Crippen molar-refractivity contribution < 1.29 is 14.5 Å². The zero-order valence-electron chi connectivity index (χ0n) is 19.6. The fraction of sp³-hybridized carbons (Fsp3) is 0.259. The van der Waals surface area contributed by atoms with Crippen LogP contribution in [0.25, 0.3) is 0 Å². The van der Waals surface area contributed by atoms with Crippen LogP contribution in [0.5, 0.6) is 0 Å². The number of anilines is 2. The number of hydrogen-bond acceptors (Lipinski definition) is 5. The lowest BCUT2D eigenvalue weighted by Crippen LogP contribution is -2.36. The van der Waals surface area contributed by atoms with Gasteiger partial charge in [0.05, 0.1) is 10.6 Å². The average Bonchev–Trinajstić information content (AvgIpc) is 2.87. The Morgan fingerprint density at radius 3 is 2.49 bits per heavy atom. The zero-order chi connectivity index (χ0) is 24.8. The lowest BCUT2D eigenvalue weighted by Gasteiger charge is -2.30. The maximum Gasteiger partial charge on any atom is 0.313 e. The Bertz CT molecular complexity index is 1240. The molecule has 180 valence electrons. The van der Waals surface area contributed by atoms with E-state index in [1.807, 2.05) is 0 Å². The SMILES string of the molecule is Cc1ccc([N+](=O)[O-])cc1NC(=O)C(=O)NCCCc1ccc(N2CCc3ccccc3C2)cc1. The van der Waals surface area contributed by atoms with E-state index in [2.05, 4.69) is 64.1 Å². The van der Waals surface area contributed by atoms with Gasteiger partial charge in [-0.05, 0) is 60.6 Å². The number of carbonyl (C=O) groups excluding carboxylic acids is 2. The average molecular weight is 473 g/mol. The highest BCUT2D eigenvalue weighted by atomic mass is 16.6. The number of nitro groups is 1. The van der Waals surface area contributed by atoms with Gasteiger partial charge in [-0.3, -0.25) is 19.7 Å². The number of nitro benzene ring substituents is 1. The quantitative estimate of drug-likeness (QED) is 0.233. The molecule has 3 aromatic carbocycles. The van der Waals surface area contributed by atoms with Crippen molar-refractivity contribution >= 4 is 28.9 Å². The third-order valence-corrected chi connectivity index (χ3v) is 6.25. The molecular formula is C27H28N4O4. The van der Waals surface area contributed by atoms with Gasteiger partial charge in [0.1, 0.15) is 0 Å². The van der Waals surface area contributed by atoms with Crippen LogP contribution in [-0.2, 0) is 29.0 Å². The van der Waals surface area contributed by atoms with Crippen molar-refractivity contribution in [2.45, 2.75) is 32.7 Å². The predicted octanol–water partition coefficient (Wildman–Crippen LogP) is 4.15. The summed E-state index contributed by atoms with van der Waals surface area (Å²) in [7, 11) is 0. The summed E-state index contributed by atoms with van der Waals surface area (Å²) in [4.78, 5) is 37.1. The standard InChI is InChI=1S/C27H28N4O4/c1-19-8-11-24(31(34)35)17-25(19)29-27(33)26(32)28-15-4-5-20-9-12-23(13-10-20)30-16-14-21-6-2-3-7-22(21)18-30/h2-3,6-13,17H,4-5,14-16,18H2,1H3,(H,28,32)(H,29,33). The normalized spacial score (nSPS) is 12.5. The van der Waals surface area contributed by atoms with Crippen LogP contribution in [0.15, 0.2) is 66.7 Å².